The number of nitrogens with zero attached hydrogens (tertiary/aromatic N) is 2. The van der Waals surface area contributed by atoms with Crippen molar-refractivity contribution in [1.82, 2.24) is 20.2 Å². The number of ether oxygens (including phenoxy) is 2. The molecule has 1 aliphatic rings. The first kappa shape index (κ1) is 21.8. The first-order chi connectivity index (χ1) is 15.5. The van der Waals surface area contributed by atoms with Crippen LogP contribution >= 0.6 is 0 Å². The largest absolute Gasteiger partial charge is 0.445 e. The third kappa shape index (κ3) is 5.08. The summed E-state index contributed by atoms with van der Waals surface area (Å²) in [6.45, 7) is 6.51. The summed E-state index contributed by atoms with van der Waals surface area (Å²) in [5.41, 5.74) is 3.02. The number of H-pyrrole nitrogens is 1. The summed E-state index contributed by atoms with van der Waals surface area (Å²) < 4.78 is 10.7. The van der Waals surface area contributed by atoms with E-state index >= 15 is 0 Å². The van der Waals surface area contributed by atoms with Gasteiger partial charge in [-0.25, -0.2) is 9.78 Å². The molecule has 2 heterocycles. The first-order valence-corrected chi connectivity index (χ1v) is 10.8. The molecule has 1 saturated heterocycles. The maximum atomic E-state index is 12.8. The third-order valence-corrected chi connectivity index (χ3v) is 5.49. The van der Waals surface area contributed by atoms with Crippen LogP contribution in [0.25, 0.3) is 11.0 Å². The van der Waals surface area contributed by atoms with E-state index in [0.717, 1.165) is 16.6 Å². The van der Waals surface area contributed by atoms with Crippen LogP contribution in [0.3, 0.4) is 0 Å². The second-order valence-corrected chi connectivity index (χ2v) is 8.19. The molecule has 0 radical (unpaired) electrons. The van der Waals surface area contributed by atoms with Crippen LogP contribution in [0, 0.1) is 5.92 Å². The number of hydrogen-bond acceptors (Lipinski definition) is 5. The van der Waals surface area contributed by atoms with Gasteiger partial charge in [0.1, 0.15) is 12.4 Å². The number of hydrogen-bond donors (Lipinski definition) is 2. The molecule has 0 bridgehead atoms. The molecule has 168 valence electrons. The van der Waals surface area contributed by atoms with Crippen LogP contribution in [0.15, 0.2) is 48.5 Å². The molecule has 1 aliphatic heterocycles. The van der Waals surface area contributed by atoms with Crippen LogP contribution in [0.5, 0.6) is 0 Å². The van der Waals surface area contributed by atoms with Crippen molar-refractivity contribution in [3.8, 4) is 0 Å². The van der Waals surface area contributed by atoms with E-state index in [0.29, 0.717) is 37.7 Å². The predicted octanol–water partition coefficient (Wildman–Crippen LogP) is 3.66. The highest BCUT2D eigenvalue weighted by molar-refractivity contribution is 5.97. The third-order valence-electron chi connectivity index (χ3n) is 5.49. The molecule has 1 atom stereocenters. The van der Waals surface area contributed by atoms with Gasteiger partial charge in [0.05, 0.1) is 30.3 Å². The van der Waals surface area contributed by atoms with Crippen molar-refractivity contribution in [1.29, 1.82) is 0 Å². The van der Waals surface area contributed by atoms with Gasteiger partial charge in [-0.05, 0) is 29.7 Å². The molecule has 32 heavy (non-hydrogen) atoms. The van der Waals surface area contributed by atoms with Gasteiger partial charge in [0.25, 0.3) is 5.91 Å². The van der Waals surface area contributed by atoms with E-state index in [4.69, 9.17) is 9.47 Å². The number of rotatable bonds is 6. The molecule has 0 saturated carbocycles. The standard InChI is InChI=1S/C24H28N4O4/c1-16(2)21(27-24(30)32-15-17-6-4-3-5-7-17)22-25-19-9-8-18(14-20(19)26-22)23(29)28-10-12-31-13-11-28/h3-9,14,16,21H,10-13,15H2,1-2H3,(H,25,26)(H,27,30)/t21-/m0/s1. The summed E-state index contributed by atoms with van der Waals surface area (Å²) >= 11 is 0. The highest BCUT2D eigenvalue weighted by Gasteiger charge is 2.24. The predicted molar refractivity (Wildman–Crippen MR) is 120 cm³/mol. The molecule has 0 spiro atoms. The Morgan fingerprint density at radius 3 is 2.62 bits per heavy atom. The molecule has 2 aromatic carbocycles. The van der Waals surface area contributed by atoms with E-state index in [-0.39, 0.29) is 24.5 Å². The number of imidazole rings is 1. The Balaban J connectivity index is 1.47. The number of morpholine rings is 1. The minimum absolute atomic E-state index is 0.0191. The summed E-state index contributed by atoms with van der Waals surface area (Å²) in [6.07, 6.45) is -0.504. The molecule has 1 fully saturated rings. The van der Waals surface area contributed by atoms with E-state index in [2.05, 4.69) is 15.3 Å². The van der Waals surface area contributed by atoms with E-state index in [1.807, 2.05) is 56.3 Å². The Bertz CT molecular complexity index is 1070. The average Bonchev–Trinajstić information content (AvgIpc) is 3.24. The van der Waals surface area contributed by atoms with Crippen LogP contribution in [0.4, 0.5) is 4.79 Å². The van der Waals surface area contributed by atoms with Gasteiger partial charge in [0.15, 0.2) is 0 Å². The van der Waals surface area contributed by atoms with Crippen LogP contribution in [0.1, 0.15) is 41.6 Å². The molecule has 2 amide bonds. The number of nitrogens with one attached hydrogen (secondary N) is 2. The van der Waals surface area contributed by atoms with Gasteiger partial charge in [0, 0.05) is 18.7 Å². The van der Waals surface area contributed by atoms with Crippen molar-refractivity contribution in [3.63, 3.8) is 0 Å². The summed E-state index contributed by atoms with van der Waals surface area (Å²) in [6, 6.07) is 14.6. The first-order valence-electron chi connectivity index (χ1n) is 10.8. The summed E-state index contributed by atoms with van der Waals surface area (Å²) in [7, 11) is 0. The number of amides is 2. The zero-order valence-corrected chi connectivity index (χ0v) is 18.3. The van der Waals surface area contributed by atoms with Crippen LogP contribution < -0.4 is 5.32 Å². The number of fused-ring (bicyclic) bond motifs is 1. The molecular weight excluding hydrogens is 408 g/mol. The highest BCUT2D eigenvalue weighted by atomic mass is 16.5. The lowest BCUT2D eigenvalue weighted by Crippen LogP contribution is -2.40. The van der Waals surface area contributed by atoms with Crippen molar-refractivity contribution >= 4 is 23.0 Å². The summed E-state index contributed by atoms with van der Waals surface area (Å²) in [4.78, 5) is 34.9. The van der Waals surface area contributed by atoms with Crippen LogP contribution in [-0.2, 0) is 16.1 Å². The van der Waals surface area contributed by atoms with Crippen LogP contribution in [-0.4, -0.2) is 53.2 Å². The second kappa shape index (κ2) is 9.82. The van der Waals surface area contributed by atoms with Gasteiger partial charge < -0.3 is 24.7 Å². The number of alkyl carbamates (subject to hydrolysis) is 1. The molecule has 3 aromatic rings. The minimum atomic E-state index is -0.504. The number of carbonyl (C=O) groups is 2. The highest BCUT2D eigenvalue weighted by Crippen LogP contribution is 2.24. The van der Waals surface area contributed by atoms with Gasteiger partial charge in [-0.1, -0.05) is 44.2 Å². The zero-order valence-electron chi connectivity index (χ0n) is 18.3. The molecule has 0 aliphatic carbocycles. The Morgan fingerprint density at radius 1 is 1.16 bits per heavy atom. The Labute approximate surface area is 186 Å². The van der Waals surface area contributed by atoms with Gasteiger partial charge >= 0.3 is 6.09 Å². The lowest BCUT2D eigenvalue weighted by molar-refractivity contribution is 0.0303. The van der Waals surface area contributed by atoms with Crippen molar-refractivity contribution in [2.75, 3.05) is 26.3 Å². The van der Waals surface area contributed by atoms with Gasteiger partial charge in [-0.2, -0.15) is 0 Å². The quantitative estimate of drug-likeness (QED) is 0.615. The summed E-state index contributed by atoms with van der Waals surface area (Å²) in [5, 5.41) is 2.91. The zero-order chi connectivity index (χ0) is 22.5. The average molecular weight is 437 g/mol. The molecule has 4 rings (SSSR count). The van der Waals surface area contributed by atoms with Gasteiger partial charge in [-0.15, -0.1) is 0 Å². The monoisotopic (exact) mass is 436 g/mol. The topological polar surface area (TPSA) is 96.5 Å². The smallest absolute Gasteiger partial charge is 0.408 e. The second-order valence-electron chi connectivity index (χ2n) is 8.19. The Kier molecular flexibility index (Phi) is 6.70. The fourth-order valence-electron chi connectivity index (χ4n) is 3.70. The molecule has 2 N–H and O–H groups in total. The number of aromatic amines is 1. The van der Waals surface area contributed by atoms with Crippen LogP contribution in [0.2, 0.25) is 0 Å². The van der Waals surface area contributed by atoms with E-state index in [9.17, 15) is 9.59 Å². The lowest BCUT2D eigenvalue weighted by atomic mass is 10.0. The molecule has 0 unspecified atom stereocenters. The fourth-order valence-corrected chi connectivity index (χ4v) is 3.70. The minimum Gasteiger partial charge on any atom is -0.445 e. The Hall–Kier alpha value is -3.39. The van der Waals surface area contributed by atoms with E-state index in [1.165, 1.54) is 0 Å². The molecular formula is C24H28N4O4. The normalized spacial score (nSPS) is 15.0. The fraction of sp³-hybridized carbons (Fsp3) is 0.375. The molecule has 8 heteroatoms. The summed E-state index contributed by atoms with van der Waals surface area (Å²) in [5.74, 6) is 0.686. The van der Waals surface area contributed by atoms with E-state index < -0.39 is 6.09 Å². The Morgan fingerprint density at radius 2 is 1.91 bits per heavy atom. The SMILES string of the molecule is CC(C)[C@H](NC(=O)OCc1ccccc1)c1nc2ccc(C(=O)N3CCOCC3)cc2[nH]1. The van der Waals surface area contributed by atoms with Crippen molar-refractivity contribution < 1.29 is 19.1 Å². The number of carbonyl (C=O) groups excluding carboxylic acids is 2. The van der Waals surface area contributed by atoms with Crippen molar-refractivity contribution in [2.24, 2.45) is 5.92 Å². The van der Waals surface area contributed by atoms with Gasteiger partial charge in [-0.3, -0.25) is 4.79 Å². The maximum Gasteiger partial charge on any atom is 0.408 e. The van der Waals surface area contributed by atoms with E-state index in [1.54, 1.807) is 11.0 Å². The van der Waals surface area contributed by atoms with Gasteiger partial charge in [0.2, 0.25) is 0 Å². The molecule has 8 nitrogen and oxygen atoms in total. The number of aromatic nitrogens is 2. The lowest BCUT2D eigenvalue weighted by Gasteiger charge is -2.26. The number of benzene rings is 2. The van der Waals surface area contributed by atoms with Crippen molar-refractivity contribution in [2.45, 2.75) is 26.5 Å². The van der Waals surface area contributed by atoms with Crippen molar-refractivity contribution in [3.05, 3.63) is 65.5 Å². The maximum absolute atomic E-state index is 12.8. The molecule has 1 aromatic heterocycles.